The van der Waals surface area contributed by atoms with Crippen LogP contribution in [0.2, 0.25) is 5.02 Å². The summed E-state index contributed by atoms with van der Waals surface area (Å²) in [6.45, 7) is 6.02. The van der Waals surface area contributed by atoms with Gasteiger partial charge in [0.1, 0.15) is 5.82 Å². The van der Waals surface area contributed by atoms with Crippen molar-refractivity contribution >= 4 is 17.5 Å². The monoisotopic (exact) mass is 287 g/mol. The minimum absolute atomic E-state index is 0.0887. The molecule has 0 aromatic heterocycles. The van der Waals surface area contributed by atoms with Gasteiger partial charge in [-0.1, -0.05) is 25.4 Å². The highest BCUT2D eigenvalue weighted by Crippen LogP contribution is 2.22. The summed E-state index contributed by atoms with van der Waals surface area (Å²) < 4.78 is 12.9. The predicted octanol–water partition coefficient (Wildman–Crippen LogP) is 3.01. The van der Waals surface area contributed by atoms with E-state index in [1.807, 2.05) is 13.8 Å². The Bertz CT molecular complexity index is 461. The van der Waals surface area contributed by atoms with Crippen molar-refractivity contribution in [2.45, 2.75) is 33.3 Å². The van der Waals surface area contributed by atoms with Crippen LogP contribution in [0, 0.1) is 11.2 Å². The number of hydrogen-bond acceptors (Lipinski definition) is 2. The van der Waals surface area contributed by atoms with Crippen molar-refractivity contribution in [3.63, 3.8) is 0 Å². The Kier molecular flexibility index (Phi) is 5.32. The first-order chi connectivity index (χ1) is 8.71. The van der Waals surface area contributed by atoms with E-state index >= 15 is 0 Å². The molecule has 1 amide bonds. The van der Waals surface area contributed by atoms with Crippen molar-refractivity contribution in [1.82, 2.24) is 5.32 Å². The van der Waals surface area contributed by atoms with Crippen molar-refractivity contribution < 1.29 is 14.3 Å². The zero-order valence-corrected chi connectivity index (χ0v) is 12.1. The van der Waals surface area contributed by atoms with Gasteiger partial charge in [0, 0.05) is 6.54 Å². The van der Waals surface area contributed by atoms with E-state index in [0.717, 1.165) is 6.07 Å². The van der Waals surface area contributed by atoms with E-state index in [9.17, 15) is 14.3 Å². The summed E-state index contributed by atoms with van der Waals surface area (Å²) in [7, 11) is 0. The SMILES string of the molecule is CC(O)CC(C)(C)CNC(=O)c1ccc(F)cc1Cl. The van der Waals surface area contributed by atoms with Gasteiger partial charge in [-0.2, -0.15) is 0 Å². The molecule has 1 atom stereocenters. The average molecular weight is 288 g/mol. The molecule has 0 fully saturated rings. The molecular weight excluding hydrogens is 269 g/mol. The highest BCUT2D eigenvalue weighted by molar-refractivity contribution is 6.33. The maximum absolute atomic E-state index is 12.9. The summed E-state index contributed by atoms with van der Waals surface area (Å²) >= 11 is 5.82. The topological polar surface area (TPSA) is 49.3 Å². The molecule has 0 saturated heterocycles. The first kappa shape index (κ1) is 15.9. The quantitative estimate of drug-likeness (QED) is 0.875. The molecule has 2 N–H and O–H groups in total. The Balaban J connectivity index is 2.65. The molecule has 3 nitrogen and oxygen atoms in total. The second-order valence-electron chi connectivity index (χ2n) is 5.52. The van der Waals surface area contributed by atoms with Gasteiger partial charge in [-0.25, -0.2) is 4.39 Å². The Labute approximate surface area is 117 Å². The number of halogens is 2. The second kappa shape index (κ2) is 6.35. The summed E-state index contributed by atoms with van der Waals surface area (Å²) in [5.74, 6) is -0.820. The molecule has 0 spiro atoms. The zero-order valence-electron chi connectivity index (χ0n) is 11.3. The van der Waals surface area contributed by atoms with Crippen molar-refractivity contribution in [2.24, 2.45) is 5.41 Å². The van der Waals surface area contributed by atoms with Crippen LogP contribution < -0.4 is 5.32 Å². The first-order valence-corrected chi connectivity index (χ1v) is 6.50. The molecule has 0 aliphatic heterocycles. The summed E-state index contributed by atoms with van der Waals surface area (Å²) in [6.07, 6.45) is 0.144. The minimum Gasteiger partial charge on any atom is -0.393 e. The van der Waals surface area contributed by atoms with Gasteiger partial charge in [0.05, 0.1) is 16.7 Å². The lowest BCUT2D eigenvalue weighted by molar-refractivity contribution is 0.0902. The Morgan fingerprint density at radius 1 is 1.53 bits per heavy atom. The van der Waals surface area contributed by atoms with Crippen LogP contribution in [0.4, 0.5) is 4.39 Å². The molecule has 1 aromatic carbocycles. The van der Waals surface area contributed by atoms with Crippen LogP contribution in [0.5, 0.6) is 0 Å². The molecule has 5 heteroatoms. The van der Waals surface area contributed by atoms with Crippen molar-refractivity contribution in [3.05, 3.63) is 34.6 Å². The summed E-state index contributed by atoms with van der Waals surface area (Å²) in [4.78, 5) is 11.9. The minimum atomic E-state index is -0.476. The maximum Gasteiger partial charge on any atom is 0.252 e. The molecule has 0 saturated carbocycles. The van der Waals surface area contributed by atoms with Gasteiger partial charge >= 0.3 is 0 Å². The number of carbonyl (C=O) groups excluding carboxylic acids is 1. The summed E-state index contributed by atoms with van der Waals surface area (Å²) in [5.41, 5.74) is 0.0204. The van der Waals surface area contributed by atoms with Gasteiger partial charge in [-0.3, -0.25) is 4.79 Å². The molecule has 1 aromatic rings. The van der Waals surface area contributed by atoms with Crippen LogP contribution in [0.25, 0.3) is 0 Å². The summed E-state index contributed by atoms with van der Waals surface area (Å²) in [6, 6.07) is 3.66. The molecule has 0 bridgehead atoms. The fourth-order valence-corrected chi connectivity index (χ4v) is 2.21. The highest BCUT2D eigenvalue weighted by atomic mass is 35.5. The van der Waals surface area contributed by atoms with Gasteiger partial charge in [0.25, 0.3) is 5.91 Å². The molecular formula is C14H19ClFNO2. The fourth-order valence-electron chi connectivity index (χ4n) is 1.96. The Morgan fingerprint density at radius 2 is 2.16 bits per heavy atom. The Hall–Kier alpha value is -1.13. The van der Waals surface area contributed by atoms with Crippen molar-refractivity contribution in [1.29, 1.82) is 0 Å². The van der Waals surface area contributed by atoms with Gasteiger partial charge < -0.3 is 10.4 Å². The molecule has 0 aliphatic carbocycles. The molecule has 0 radical (unpaired) electrons. The zero-order chi connectivity index (χ0) is 14.6. The van der Waals surface area contributed by atoms with Crippen LogP contribution in [0.1, 0.15) is 37.6 Å². The number of nitrogens with one attached hydrogen (secondary N) is 1. The van der Waals surface area contributed by atoms with Crippen LogP contribution in [-0.4, -0.2) is 23.7 Å². The Morgan fingerprint density at radius 3 is 2.68 bits per heavy atom. The third-order valence-electron chi connectivity index (χ3n) is 2.75. The number of benzene rings is 1. The second-order valence-corrected chi connectivity index (χ2v) is 5.93. The fraction of sp³-hybridized carbons (Fsp3) is 0.500. The largest absolute Gasteiger partial charge is 0.393 e. The number of rotatable bonds is 5. The van der Waals surface area contributed by atoms with Crippen LogP contribution >= 0.6 is 11.6 Å². The number of aliphatic hydroxyl groups excluding tert-OH is 1. The van der Waals surface area contributed by atoms with E-state index in [1.165, 1.54) is 12.1 Å². The molecule has 0 aliphatic rings. The summed E-state index contributed by atoms with van der Waals surface area (Å²) in [5, 5.41) is 12.2. The van der Waals surface area contributed by atoms with Crippen LogP contribution in [0.15, 0.2) is 18.2 Å². The predicted molar refractivity (Wildman–Crippen MR) is 73.8 cm³/mol. The van der Waals surface area contributed by atoms with Gasteiger partial charge in [-0.05, 0) is 37.0 Å². The first-order valence-electron chi connectivity index (χ1n) is 6.12. The molecule has 106 valence electrons. The lowest BCUT2D eigenvalue weighted by Crippen LogP contribution is -2.35. The number of amides is 1. The van der Waals surface area contributed by atoms with E-state index < -0.39 is 11.9 Å². The van der Waals surface area contributed by atoms with Gasteiger partial charge in [-0.15, -0.1) is 0 Å². The van der Waals surface area contributed by atoms with E-state index in [0.29, 0.717) is 13.0 Å². The maximum atomic E-state index is 12.9. The van der Waals surface area contributed by atoms with E-state index in [4.69, 9.17) is 11.6 Å². The number of hydrogen-bond donors (Lipinski definition) is 2. The smallest absolute Gasteiger partial charge is 0.252 e. The normalized spacial score (nSPS) is 13.2. The van der Waals surface area contributed by atoms with Crippen LogP contribution in [0.3, 0.4) is 0 Å². The van der Waals surface area contributed by atoms with Crippen molar-refractivity contribution in [2.75, 3.05) is 6.54 Å². The average Bonchev–Trinajstić information content (AvgIpc) is 2.24. The van der Waals surface area contributed by atoms with Gasteiger partial charge in [0.15, 0.2) is 0 Å². The standard InChI is InChI=1S/C14H19ClFNO2/c1-9(18)7-14(2,3)8-17-13(19)11-5-4-10(16)6-12(11)15/h4-6,9,18H,7-8H2,1-3H3,(H,17,19). The third kappa shape index (κ3) is 5.17. The highest BCUT2D eigenvalue weighted by Gasteiger charge is 2.22. The van der Waals surface area contributed by atoms with E-state index in [2.05, 4.69) is 5.32 Å². The van der Waals surface area contributed by atoms with Crippen molar-refractivity contribution in [3.8, 4) is 0 Å². The molecule has 1 rings (SSSR count). The number of aliphatic hydroxyl groups is 1. The molecule has 1 unspecified atom stereocenters. The number of carbonyl (C=O) groups is 1. The molecule has 19 heavy (non-hydrogen) atoms. The molecule has 0 heterocycles. The lowest BCUT2D eigenvalue weighted by atomic mass is 9.87. The van der Waals surface area contributed by atoms with Gasteiger partial charge in [0.2, 0.25) is 0 Å². The van der Waals surface area contributed by atoms with E-state index in [-0.39, 0.29) is 21.9 Å². The lowest BCUT2D eigenvalue weighted by Gasteiger charge is -2.26. The third-order valence-corrected chi connectivity index (χ3v) is 3.06. The van der Waals surface area contributed by atoms with E-state index in [1.54, 1.807) is 6.92 Å². The van der Waals surface area contributed by atoms with Crippen LogP contribution in [-0.2, 0) is 0 Å².